The average Bonchev–Trinajstić information content (AvgIpc) is 2.06. The lowest BCUT2D eigenvalue weighted by molar-refractivity contribution is 0.623. The second-order valence-electron chi connectivity index (χ2n) is 2.59. The highest BCUT2D eigenvalue weighted by Gasteiger charge is 2.09. The fraction of sp³-hybridized carbons (Fsp3) is 0.429. The first-order valence-electron chi connectivity index (χ1n) is 3.64. The molecule has 2 rings (SSSR count). The zero-order chi connectivity index (χ0) is 7.68. The molecule has 0 bridgehead atoms. The van der Waals surface area contributed by atoms with E-state index in [1.165, 1.54) is 5.69 Å². The summed E-state index contributed by atoms with van der Waals surface area (Å²) in [4.78, 5) is 7.12. The Labute approximate surface area is 69.9 Å². The molecule has 0 aliphatic carbocycles. The van der Waals surface area contributed by atoms with Gasteiger partial charge in [0, 0.05) is 30.8 Å². The monoisotopic (exact) mass is 167 g/mol. The molecule has 0 atom stereocenters. The molecule has 0 unspecified atom stereocenters. The van der Waals surface area contributed by atoms with Crippen molar-refractivity contribution < 1.29 is 0 Å². The topological polar surface area (TPSA) is 40.7 Å². The lowest BCUT2D eigenvalue weighted by atomic mass is 10.1. The summed E-state index contributed by atoms with van der Waals surface area (Å²) in [7, 11) is 0. The number of nitrogens with zero attached hydrogens (tertiary/aromatic N) is 1. The van der Waals surface area contributed by atoms with Crippen LogP contribution in [0.15, 0.2) is 6.33 Å². The van der Waals surface area contributed by atoms with Gasteiger partial charge in [-0.1, -0.05) is 12.2 Å². The molecule has 0 saturated heterocycles. The maximum atomic E-state index is 5.07. The van der Waals surface area contributed by atoms with E-state index in [9.17, 15) is 0 Å². The summed E-state index contributed by atoms with van der Waals surface area (Å²) >= 11 is 5.07. The molecular weight excluding hydrogens is 158 g/mol. The van der Waals surface area contributed by atoms with Gasteiger partial charge < -0.3 is 10.3 Å². The van der Waals surface area contributed by atoms with Crippen molar-refractivity contribution in [3.8, 4) is 0 Å². The Bertz CT molecular complexity index is 318. The van der Waals surface area contributed by atoms with E-state index in [2.05, 4.69) is 15.3 Å². The lowest BCUT2D eigenvalue weighted by Gasteiger charge is -2.15. The number of aromatic amines is 1. The number of H-pyrrole nitrogens is 1. The van der Waals surface area contributed by atoms with E-state index in [-0.39, 0.29) is 0 Å². The highest BCUT2D eigenvalue weighted by Crippen LogP contribution is 2.09. The molecule has 0 spiro atoms. The Morgan fingerprint density at radius 2 is 2.45 bits per heavy atom. The molecule has 0 saturated carbocycles. The highest BCUT2D eigenvalue weighted by molar-refractivity contribution is 7.71. The fourth-order valence-corrected chi connectivity index (χ4v) is 1.54. The quantitative estimate of drug-likeness (QED) is 0.561. The number of aromatic nitrogens is 2. The van der Waals surface area contributed by atoms with Crippen LogP contribution in [0.5, 0.6) is 0 Å². The summed E-state index contributed by atoms with van der Waals surface area (Å²) in [5.74, 6) is 0. The summed E-state index contributed by atoms with van der Waals surface area (Å²) in [6, 6.07) is 0. The number of rotatable bonds is 0. The van der Waals surface area contributed by atoms with Gasteiger partial charge in [0.05, 0.1) is 6.33 Å². The first-order chi connectivity index (χ1) is 5.38. The van der Waals surface area contributed by atoms with E-state index < -0.39 is 0 Å². The second-order valence-corrected chi connectivity index (χ2v) is 2.98. The van der Waals surface area contributed by atoms with Crippen LogP contribution in [0.2, 0.25) is 0 Å². The largest absolute Gasteiger partial charge is 0.349 e. The van der Waals surface area contributed by atoms with Crippen LogP contribution in [0.3, 0.4) is 0 Å². The minimum absolute atomic E-state index is 0.728. The average molecular weight is 167 g/mol. The number of hydrogen-bond acceptors (Lipinski definition) is 3. The zero-order valence-electron chi connectivity index (χ0n) is 6.05. The third kappa shape index (κ3) is 1.19. The standard InChI is InChI=1S/C7H9N3S/c11-7-5-3-8-2-1-6(5)9-4-10-7/h4,8H,1-3H2,(H,9,10,11). The van der Waals surface area contributed by atoms with Gasteiger partial charge in [0.2, 0.25) is 0 Å². The van der Waals surface area contributed by atoms with Gasteiger partial charge in [-0.05, 0) is 0 Å². The van der Waals surface area contributed by atoms with E-state index in [4.69, 9.17) is 12.2 Å². The molecule has 2 heterocycles. The molecule has 0 aromatic carbocycles. The molecule has 1 aliphatic heterocycles. The van der Waals surface area contributed by atoms with Crippen molar-refractivity contribution in [1.82, 2.24) is 15.3 Å². The first kappa shape index (κ1) is 6.94. The number of fused-ring (bicyclic) bond motifs is 1. The lowest BCUT2D eigenvalue weighted by Crippen LogP contribution is -2.25. The summed E-state index contributed by atoms with van der Waals surface area (Å²) < 4.78 is 0.728. The molecule has 1 aromatic heterocycles. The van der Waals surface area contributed by atoms with Crippen LogP contribution in [0.4, 0.5) is 0 Å². The van der Waals surface area contributed by atoms with Crippen LogP contribution in [0, 0.1) is 4.64 Å². The van der Waals surface area contributed by atoms with Crippen LogP contribution in [-0.2, 0) is 13.0 Å². The van der Waals surface area contributed by atoms with Gasteiger partial charge >= 0.3 is 0 Å². The van der Waals surface area contributed by atoms with Crippen molar-refractivity contribution in [3.63, 3.8) is 0 Å². The van der Waals surface area contributed by atoms with Crippen LogP contribution < -0.4 is 5.32 Å². The maximum Gasteiger partial charge on any atom is 0.134 e. The summed E-state index contributed by atoms with van der Waals surface area (Å²) in [6.45, 7) is 1.89. The van der Waals surface area contributed by atoms with Crippen LogP contribution in [-0.4, -0.2) is 16.5 Å². The van der Waals surface area contributed by atoms with Gasteiger partial charge in [-0.2, -0.15) is 0 Å². The third-order valence-corrected chi connectivity index (χ3v) is 2.25. The van der Waals surface area contributed by atoms with Crippen molar-refractivity contribution in [2.75, 3.05) is 6.54 Å². The van der Waals surface area contributed by atoms with Crippen molar-refractivity contribution in [3.05, 3.63) is 22.2 Å². The van der Waals surface area contributed by atoms with Gasteiger partial charge in [-0.15, -0.1) is 0 Å². The molecule has 0 amide bonds. The summed E-state index contributed by atoms with van der Waals surface area (Å²) in [6.07, 6.45) is 2.70. The van der Waals surface area contributed by atoms with Crippen LogP contribution in [0.25, 0.3) is 0 Å². The molecular formula is C7H9N3S. The van der Waals surface area contributed by atoms with Crippen molar-refractivity contribution in [1.29, 1.82) is 0 Å². The third-order valence-electron chi connectivity index (χ3n) is 1.90. The molecule has 0 radical (unpaired) electrons. The molecule has 3 nitrogen and oxygen atoms in total. The molecule has 2 N–H and O–H groups in total. The minimum Gasteiger partial charge on any atom is -0.349 e. The Hall–Kier alpha value is -0.740. The molecule has 11 heavy (non-hydrogen) atoms. The Morgan fingerprint density at radius 3 is 3.27 bits per heavy atom. The van der Waals surface area contributed by atoms with E-state index >= 15 is 0 Å². The molecule has 1 aromatic rings. The Kier molecular flexibility index (Phi) is 1.71. The summed E-state index contributed by atoms with van der Waals surface area (Å²) in [5, 5.41) is 3.26. The van der Waals surface area contributed by atoms with Gasteiger partial charge in [-0.3, -0.25) is 0 Å². The number of nitrogens with one attached hydrogen (secondary N) is 2. The Balaban J connectivity index is 2.58. The molecule has 0 fully saturated rings. The smallest absolute Gasteiger partial charge is 0.134 e. The van der Waals surface area contributed by atoms with E-state index in [1.54, 1.807) is 6.33 Å². The maximum absolute atomic E-state index is 5.07. The van der Waals surface area contributed by atoms with E-state index in [0.717, 1.165) is 29.7 Å². The highest BCUT2D eigenvalue weighted by atomic mass is 32.1. The van der Waals surface area contributed by atoms with Gasteiger partial charge in [0.25, 0.3) is 0 Å². The van der Waals surface area contributed by atoms with Gasteiger partial charge in [-0.25, -0.2) is 4.98 Å². The van der Waals surface area contributed by atoms with Crippen LogP contribution in [0.1, 0.15) is 11.3 Å². The first-order valence-corrected chi connectivity index (χ1v) is 4.05. The van der Waals surface area contributed by atoms with Crippen molar-refractivity contribution in [2.45, 2.75) is 13.0 Å². The molecule has 58 valence electrons. The fourth-order valence-electron chi connectivity index (χ4n) is 1.30. The Morgan fingerprint density at radius 1 is 1.55 bits per heavy atom. The zero-order valence-corrected chi connectivity index (χ0v) is 6.87. The van der Waals surface area contributed by atoms with E-state index in [1.807, 2.05) is 0 Å². The molecule has 1 aliphatic rings. The van der Waals surface area contributed by atoms with Crippen molar-refractivity contribution >= 4 is 12.2 Å². The predicted octanol–water partition coefficient (Wildman–Crippen LogP) is 0.785. The molecule has 4 heteroatoms. The minimum atomic E-state index is 0.728. The van der Waals surface area contributed by atoms with Crippen LogP contribution >= 0.6 is 12.2 Å². The van der Waals surface area contributed by atoms with Gasteiger partial charge in [0.15, 0.2) is 0 Å². The predicted molar refractivity (Wildman–Crippen MR) is 44.8 cm³/mol. The summed E-state index contributed by atoms with van der Waals surface area (Å²) in [5.41, 5.74) is 2.40. The van der Waals surface area contributed by atoms with Crippen molar-refractivity contribution in [2.24, 2.45) is 0 Å². The SMILES string of the molecule is S=c1nc[nH]c2c1CNCC2. The van der Waals surface area contributed by atoms with E-state index in [0.29, 0.717) is 0 Å². The second kappa shape index (κ2) is 2.71. The number of hydrogen-bond donors (Lipinski definition) is 2. The normalized spacial score (nSPS) is 16.0. The van der Waals surface area contributed by atoms with Gasteiger partial charge in [0.1, 0.15) is 4.64 Å².